The number of nitrogens with zero attached hydrogens (tertiary/aromatic N) is 5. The topological polar surface area (TPSA) is 125 Å². The van der Waals surface area contributed by atoms with Crippen LogP contribution in [0.25, 0.3) is 27.7 Å². The highest BCUT2D eigenvalue weighted by Gasteiger charge is 2.54. The zero-order valence-corrected chi connectivity index (χ0v) is 22.2. The van der Waals surface area contributed by atoms with E-state index in [1.165, 1.54) is 17.4 Å². The molecule has 9 nitrogen and oxygen atoms in total. The lowest BCUT2D eigenvalue weighted by Gasteiger charge is -2.17. The molecule has 2 unspecified atom stereocenters. The Bertz CT molecular complexity index is 1600. The van der Waals surface area contributed by atoms with E-state index in [4.69, 9.17) is 32.7 Å². The summed E-state index contributed by atoms with van der Waals surface area (Å²) in [4.78, 5) is 27.1. The minimum absolute atomic E-state index is 0.0840. The standard InChI is InChI=1S/C26H21Cl2N5O4S/c27-17-6-29-7-18(28)20(17)22-14(23(37-32-22)11-1-2-11)4-3-13-15-8-33(9-16(13)15)26-31-21-12(10-34)5-19(25(35)36)30-24(21)38-26/h3-7,11,13,15-16,34H,1-2,8-10H2,(H,35,36)/b4-3+. The molecule has 0 amide bonds. The molecule has 4 aromatic rings. The van der Waals surface area contributed by atoms with Gasteiger partial charge >= 0.3 is 5.97 Å². The molecule has 2 saturated carbocycles. The number of piperidine rings is 1. The van der Waals surface area contributed by atoms with Crippen LogP contribution in [0.4, 0.5) is 5.13 Å². The van der Waals surface area contributed by atoms with Gasteiger partial charge in [0.1, 0.15) is 27.5 Å². The molecule has 3 aliphatic rings. The molecule has 12 heteroatoms. The quantitative estimate of drug-likeness (QED) is 0.296. The van der Waals surface area contributed by atoms with Crippen molar-refractivity contribution in [3.05, 3.63) is 57.2 Å². The molecule has 0 aromatic carbocycles. The van der Waals surface area contributed by atoms with Gasteiger partial charge in [0.2, 0.25) is 0 Å². The molecule has 194 valence electrons. The number of aliphatic hydroxyl groups excluding tert-OH is 1. The summed E-state index contributed by atoms with van der Waals surface area (Å²) in [5.41, 5.74) is 3.18. The minimum atomic E-state index is -1.12. The third-order valence-electron chi connectivity index (χ3n) is 7.63. The van der Waals surface area contributed by atoms with E-state index < -0.39 is 5.97 Å². The van der Waals surface area contributed by atoms with Gasteiger partial charge in [0.25, 0.3) is 0 Å². The third-order valence-corrected chi connectivity index (χ3v) is 9.22. The number of fused-ring (bicyclic) bond motifs is 2. The summed E-state index contributed by atoms with van der Waals surface area (Å²) in [7, 11) is 0. The zero-order chi connectivity index (χ0) is 26.1. The maximum atomic E-state index is 11.4. The molecule has 38 heavy (non-hydrogen) atoms. The first-order valence-electron chi connectivity index (χ1n) is 12.3. The number of anilines is 1. The maximum Gasteiger partial charge on any atom is 0.354 e. The smallest absolute Gasteiger partial charge is 0.354 e. The van der Waals surface area contributed by atoms with Crippen LogP contribution in [0.1, 0.15) is 46.1 Å². The van der Waals surface area contributed by atoms with Gasteiger partial charge in [0, 0.05) is 48.1 Å². The van der Waals surface area contributed by atoms with Crippen LogP contribution in [-0.2, 0) is 6.61 Å². The minimum Gasteiger partial charge on any atom is -0.477 e. The lowest BCUT2D eigenvalue weighted by molar-refractivity contribution is 0.0690. The summed E-state index contributed by atoms with van der Waals surface area (Å²) >= 11 is 14.2. The van der Waals surface area contributed by atoms with E-state index in [1.807, 2.05) is 0 Å². The molecule has 0 radical (unpaired) electrons. The van der Waals surface area contributed by atoms with Crippen LogP contribution in [0.3, 0.4) is 0 Å². The Morgan fingerprint density at radius 1 is 1.18 bits per heavy atom. The van der Waals surface area contributed by atoms with Crippen molar-refractivity contribution in [3.63, 3.8) is 0 Å². The first-order chi connectivity index (χ1) is 18.4. The Labute approximate surface area is 230 Å². The Morgan fingerprint density at radius 2 is 1.92 bits per heavy atom. The lowest BCUT2D eigenvalue weighted by atomic mass is 10.0. The number of allylic oxidation sites excluding steroid dienone is 1. The van der Waals surface area contributed by atoms with Gasteiger partial charge in [0.15, 0.2) is 5.13 Å². The number of aromatic carboxylic acids is 1. The van der Waals surface area contributed by atoms with Crippen molar-refractivity contribution >= 4 is 62.1 Å². The number of aromatic nitrogens is 4. The third kappa shape index (κ3) is 3.98. The zero-order valence-electron chi connectivity index (χ0n) is 19.8. The number of rotatable bonds is 7. The van der Waals surface area contributed by atoms with Crippen molar-refractivity contribution in [1.29, 1.82) is 0 Å². The Balaban J connectivity index is 1.11. The van der Waals surface area contributed by atoms with Crippen LogP contribution in [0.2, 0.25) is 10.0 Å². The second-order valence-corrected chi connectivity index (χ2v) is 11.8. The van der Waals surface area contributed by atoms with Crippen LogP contribution in [0.15, 0.2) is 29.1 Å². The number of carboxylic acid groups (broad SMARTS) is 1. The normalized spacial score (nSPS) is 22.5. The van der Waals surface area contributed by atoms with Crippen LogP contribution in [0, 0.1) is 17.8 Å². The van der Waals surface area contributed by atoms with Gasteiger partial charge in [-0.15, -0.1) is 0 Å². The van der Waals surface area contributed by atoms with E-state index in [2.05, 4.69) is 32.2 Å². The van der Waals surface area contributed by atoms with Crippen LogP contribution in [0.5, 0.6) is 0 Å². The van der Waals surface area contributed by atoms with E-state index in [0.29, 0.717) is 60.9 Å². The fourth-order valence-corrected chi connectivity index (χ4v) is 7.03. The molecule has 0 bridgehead atoms. The summed E-state index contributed by atoms with van der Waals surface area (Å²) in [6.45, 7) is 1.42. The summed E-state index contributed by atoms with van der Waals surface area (Å²) in [5, 5.41) is 25.1. The molecule has 2 N–H and O–H groups in total. The highest BCUT2D eigenvalue weighted by Crippen LogP contribution is 2.54. The van der Waals surface area contributed by atoms with Gasteiger partial charge < -0.3 is 19.6 Å². The largest absolute Gasteiger partial charge is 0.477 e. The predicted molar refractivity (Wildman–Crippen MR) is 144 cm³/mol. The van der Waals surface area contributed by atoms with Crippen LogP contribution in [-0.4, -0.2) is 49.4 Å². The number of thiazole rings is 1. The van der Waals surface area contributed by atoms with Crippen LogP contribution < -0.4 is 4.90 Å². The molecule has 4 aromatic heterocycles. The van der Waals surface area contributed by atoms with E-state index >= 15 is 0 Å². The van der Waals surface area contributed by atoms with Crippen LogP contribution >= 0.6 is 34.5 Å². The van der Waals surface area contributed by atoms with Crippen molar-refractivity contribution < 1.29 is 19.5 Å². The van der Waals surface area contributed by atoms with E-state index in [9.17, 15) is 15.0 Å². The fourth-order valence-electron chi connectivity index (χ4n) is 5.48. The SMILES string of the molecule is O=C(O)c1cc(CO)c2nc(N3CC4C(/C=C/c5c(-c6c(Cl)cncc6Cl)noc5C5CC5)C4C3)sc2n1. The second-order valence-electron chi connectivity index (χ2n) is 10.0. The molecule has 1 saturated heterocycles. The summed E-state index contributed by atoms with van der Waals surface area (Å²) in [5.74, 6) is 1.57. The monoisotopic (exact) mass is 569 g/mol. The van der Waals surface area contributed by atoms with Gasteiger partial charge in [-0.3, -0.25) is 4.98 Å². The lowest BCUT2D eigenvalue weighted by Crippen LogP contribution is -2.23. The van der Waals surface area contributed by atoms with E-state index in [1.54, 1.807) is 12.4 Å². The number of hydrogen-bond donors (Lipinski definition) is 2. The molecule has 5 heterocycles. The second kappa shape index (κ2) is 9.01. The van der Waals surface area contributed by atoms with E-state index in [-0.39, 0.29) is 12.3 Å². The number of hydrogen-bond acceptors (Lipinski definition) is 9. The van der Waals surface area contributed by atoms with Crippen molar-refractivity contribution in [1.82, 2.24) is 20.1 Å². The number of carbonyl (C=O) groups is 1. The maximum absolute atomic E-state index is 11.4. The molecular formula is C26H21Cl2N5O4S. The van der Waals surface area contributed by atoms with Gasteiger partial charge in [-0.25, -0.2) is 14.8 Å². The summed E-state index contributed by atoms with van der Waals surface area (Å²) < 4.78 is 5.76. The fraction of sp³-hybridized carbons (Fsp3) is 0.346. The molecule has 2 atom stereocenters. The number of carboxylic acids is 1. The molecule has 1 aliphatic heterocycles. The Morgan fingerprint density at radius 3 is 2.58 bits per heavy atom. The van der Waals surface area contributed by atoms with Crippen molar-refractivity contribution in [2.45, 2.75) is 25.4 Å². The molecule has 0 spiro atoms. The van der Waals surface area contributed by atoms with Crippen molar-refractivity contribution in [2.75, 3.05) is 18.0 Å². The highest BCUT2D eigenvalue weighted by atomic mass is 35.5. The summed E-state index contributed by atoms with van der Waals surface area (Å²) in [6.07, 6.45) is 9.65. The Hall–Kier alpha value is -3.05. The number of halogens is 2. The first-order valence-corrected chi connectivity index (χ1v) is 13.9. The van der Waals surface area contributed by atoms with Crippen molar-refractivity contribution in [3.8, 4) is 11.3 Å². The molecule has 2 aliphatic carbocycles. The number of pyridine rings is 2. The molecular weight excluding hydrogens is 549 g/mol. The predicted octanol–water partition coefficient (Wildman–Crippen LogP) is 5.51. The first kappa shape index (κ1) is 24.0. The van der Waals surface area contributed by atoms with Gasteiger partial charge in [-0.2, -0.15) is 0 Å². The Kier molecular flexibility index (Phi) is 5.70. The van der Waals surface area contributed by atoms with Crippen molar-refractivity contribution in [2.24, 2.45) is 17.8 Å². The summed E-state index contributed by atoms with van der Waals surface area (Å²) in [6, 6.07) is 1.39. The highest BCUT2D eigenvalue weighted by molar-refractivity contribution is 7.21. The number of aliphatic hydroxyl groups is 1. The van der Waals surface area contributed by atoms with E-state index in [0.717, 1.165) is 42.4 Å². The molecule has 3 fully saturated rings. The van der Waals surface area contributed by atoms with Gasteiger partial charge in [-0.05, 0) is 36.7 Å². The van der Waals surface area contributed by atoms with Gasteiger partial charge in [0.05, 0.1) is 16.7 Å². The average molecular weight is 570 g/mol. The van der Waals surface area contributed by atoms with Gasteiger partial charge in [-0.1, -0.05) is 51.8 Å². The average Bonchev–Trinajstić information content (AvgIpc) is 3.66. The molecule has 7 rings (SSSR count).